The molecular formula is C77H87F3O15S4. The number of carbonyl (C=O) groups excluding carboxylic acids is 6. The zero-order valence-corrected chi connectivity index (χ0v) is 59.8. The molecule has 13 rings (SSSR count). The molecule has 11 atom stereocenters. The van der Waals surface area contributed by atoms with Crippen LogP contribution in [0, 0.1) is 57.2 Å². The number of esters is 3. The molecule has 99 heavy (non-hydrogen) atoms. The van der Waals surface area contributed by atoms with E-state index in [2.05, 4.69) is 189 Å². The monoisotopic (exact) mass is 1440 g/mol. The van der Waals surface area contributed by atoms with Gasteiger partial charge in [-0.05, 0) is 159 Å². The van der Waals surface area contributed by atoms with Crippen LogP contribution in [-0.4, -0.2) is 97.2 Å². The van der Waals surface area contributed by atoms with Crippen LogP contribution in [0.4, 0.5) is 13.2 Å². The van der Waals surface area contributed by atoms with Gasteiger partial charge in [-0.15, -0.1) is 0 Å². The number of fused-ring (bicyclic) bond motifs is 8. The molecule has 0 N–H and O–H groups in total. The maximum atomic E-state index is 13.8. The number of Topliss-reactive ketones (excluding diaryl/α,β-unsaturated/α-hetero) is 3. The molecule has 5 saturated carbocycles. The van der Waals surface area contributed by atoms with Crippen LogP contribution >= 0.6 is 0 Å². The summed E-state index contributed by atoms with van der Waals surface area (Å²) >= 11 is 0. The van der Waals surface area contributed by atoms with Crippen LogP contribution in [0.25, 0.3) is 0 Å². The van der Waals surface area contributed by atoms with E-state index >= 15 is 0 Å². The maximum Gasteiger partial charge on any atom is 0.364 e. The molecule has 15 nitrogen and oxygen atoms in total. The second kappa shape index (κ2) is 31.5. The van der Waals surface area contributed by atoms with Crippen LogP contribution < -0.4 is 0 Å². The van der Waals surface area contributed by atoms with Gasteiger partial charge in [0.2, 0.25) is 5.60 Å². The summed E-state index contributed by atoms with van der Waals surface area (Å²) in [7, 11) is -10.7. The summed E-state index contributed by atoms with van der Waals surface area (Å²) in [5, 5.41) is -5.11. The van der Waals surface area contributed by atoms with Gasteiger partial charge in [0.15, 0.2) is 45.7 Å². The van der Waals surface area contributed by atoms with Gasteiger partial charge >= 0.3 is 23.2 Å². The van der Waals surface area contributed by atoms with Crippen LogP contribution in [0.15, 0.2) is 211 Å². The lowest BCUT2D eigenvalue weighted by Gasteiger charge is -2.58. The zero-order chi connectivity index (χ0) is 71.8. The highest BCUT2D eigenvalue weighted by molar-refractivity contribution is 7.97. The SMILES string of the molecule is CC1(C)CC2(C(=O)OCCS(=O)(=O)[O-])CCC1(C)C(=O)O2.C[C@H](CCC(=O)OCCC(F)C(F)(F)S(=O)(=O)[O-])[C@H]1CCC2C3C(=O)CC4CC(=O)CC[C@]4(C)C3CC(=O)[C@@]21C.c1ccc([S+](c2ccccc2)c2ccccc2)cc1.c1ccc([S+](c2ccccc2)c2ccccc2)cc1. The minimum atomic E-state index is -6.19. The predicted molar refractivity (Wildman–Crippen MR) is 368 cm³/mol. The Balaban J connectivity index is 0.000000164. The normalized spacial score (nSPS) is 26.6. The molecule has 0 aromatic heterocycles. The topological polar surface area (TPSA) is 245 Å². The number of hydrogen-bond donors (Lipinski definition) is 0. The Bertz CT molecular complexity index is 3720. The van der Waals surface area contributed by atoms with Gasteiger partial charge in [-0.25, -0.2) is 26.0 Å². The minimum Gasteiger partial charge on any atom is -0.748 e. The second-order valence-corrected chi connectivity index (χ2v) is 35.2. The van der Waals surface area contributed by atoms with Gasteiger partial charge in [0.1, 0.15) is 24.0 Å². The highest BCUT2D eigenvalue weighted by atomic mass is 32.2. The Morgan fingerprint density at radius 1 is 0.606 bits per heavy atom. The highest BCUT2D eigenvalue weighted by Gasteiger charge is 2.68. The van der Waals surface area contributed by atoms with E-state index in [1.807, 2.05) is 34.6 Å². The van der Waals surface area contributed by atoms with Gasteiger partial charge in [-0.1, -0.05) is 144 Å². The highest BCUT2D eigenvalue weighted by Crippen LogP contribution is 2.67. The van der Waals surface area contributed by atoms with Gasteiger partial charge in [0.25, 0.3) is 0 Å². The molecule has 2 saturated heterocycles. The first-order valence-corrected chi connectivity index (χ1v) is 39.0. The molecule has 530 valence electrons. The van der Waals surface area contributed by atoms with Crippen molar-refractivity contribution in [3.8, 4) is 0 Å². The number of alkyl halides is 3. The van der Waals surface area contributed by atoms with Crippen LogP contribution in [-0.2, 0) is 85.0 Å². The molecule has 0 spiro atoms. The quantitative estimate of drug-likeness (QED) is 0.0317. The Labute approximate surface area is 585 Å². The van der Waals surface area contributed by atoms with E-state index < -0.39 is 96.8 Å². The second-order valence-electron chi connectivity index (χ2n) is 28.1. The number of halogens is 3. The van der Waals surface area contributed by atoms with Crippen molar-refractivity contribution in [2.24, 2.45) is 57.2 Å². The van der Waals surface area contributed by atoms with Gasteiger partial charge in [-0.2, -0.15) is 8.78 Å². The van der Waals surface area contributed by atoms with Crippen molar-refractivity contribution >= 4 is 77.3 Å². The summed E-state index contributed by atoms with van der Waals surface area (Å²) in [6, 6.07) is 64.3. The first kappa shape index (κ1) is 76.2. The van der Waals surface area contributed by atoms with Crippen molar-refractivity contribution in [1.29, 1.82) is 0 Å². The minimum absolute atomic E-state index is 0.00889. The van der Waals surface area contributed by atoms with Crippen molar-refractivity contribution < 1.29 is 82.1 Å². The lowest BCUT2D eigenvalue weighted by Crippen LogP contribution is -2.64. The van der Waals surface area contributed by atoms with Crippen LogP contribution in [0.5, 0.6) is 0 Å². The van der Waals surface area contributed by atoms with Gasteiger partial charge in [0.05, 0.1) is 49.7 Å². The summed E-state index contributed by atoms with van der Waals surface area (Å²) in [4.78, 5) is 84.1. The summed E-state index contributed by atoms with van der Waals surface area (Å²) in [5.74, 6) is -2.85. The van der Waals surface area contributed by atoms with Crippen molar-refractivity contribution in [2.75, 3.05) is 19.0 Å². The molecule has 7 fully saturated rings. The number of ketones is 3. The fraction of sp³-hybridized carbons (Fsp3) is 0.455. The van der Waals surface area contributed by atoms with E-state index in [9.17, 15) is 67.9 Å². The van der Waals surface area contributed by atoms with E-state index in [-0.39, 0.29) is 86.5 Å². The van der Waals surface area contributed by atoms with Crippen molar-refractivity contribution in [3.05, 3.63) is 182 Å². The number of benzene rings is 6. The Morgan fingerprint density at radius 2 is 1.06 bits per heavy atom. The molecular weight excluding hydrogens is 1350 g/mol. The maximum absolute atomic E-state index is 13.8. The molecule has 0 radical (unpaired) electrons. The number of carbonyl (C=O) groups is 6. The molecule has 2 bridgehead atoms. The van der Waals surface area contributed by atoms with E-state index in [4.69, 9.17) is 14.2 Å². The smallest absolute Gasteiger partial charge is 0.364 e. The van der Waals surface area contributed by atoms with E-state index in [1.165, 1.54) is 29.4 Å². The predicted octanol–water partition coefficient (Wildman–Crippen LogP) is 14.5. The molecule has 2 aliphatic heterocycles. The first-order chi connectivity index (χ1) is 46.8. The Morgan fingerprint density at radius 3 is 1.47 bits per heavy atom. The third kappa shape index (κ3) is 17.0. The molecule has 0 amide bonds. The zero-order valence-electron chi connectivity index (χ0n) is 56.6. The summed E-state index contributed by atoms with van der Waals surface area (Å²) in [6.45, 7) is 10.3. The fourth-order valence-corrected chi connectivity index (χ4v) is 20.8. The van der Waals surface area contributed by atoms with Crippen molar-refractivity contribution in [1.82, 2.24) is 0 Å². The van der Waals surface area contributed by atoms with Gasteiger partial charge < -0.3 is 23.3 Å². The third-order valence-corrected chi connectivity index (χ3v) is 27.9. The summed E-state index contributed by atoms with van der Waals surface area (Å²) in [6.07, 6.45) is 0.690. The average Bonchev–Trinajstić information content (AvgIpc) is 1.70. The van der Waals surface area contributed by atoms with Crippen LogP contribution in [0.3, 0.4) is 0 Å². The molecule has 7 unspecified atom stereocenters. The molecule has 6 aromatic rings. The van der Waals surface area contributed by atoms with Crippen LogP contribution in [0.2, 0.25) is 0 Å². The summed E-state index contributed by atoms with van der Waals surface area (Å²) < 4.78 is 118. The molecule has 6 aromatic carbocycles. The lowest BCUT2D eigenvalue weighted by molar-refractivity contribution is -0.235. The fourth-order valence-electron chi connectivity index (χ4n) is 15.9. The number of rotatable bonds is 19. The first-order valence-electron chi connectivity index (χ1n) is 33.6. The molecule has 7 aliphatic rings. The summed E-state index contributed by atoms with van der Waals surface area (Å²) in [5.41, 5.74) is -3.34. The molecule has 22 heteroatoms. The van der Waals surface area contributed by atoms with E-state index in [0.717, 1.165) is 12.8 Å². The Kier molecular flexibility index (Phi) is 24.3. The van der Waals surface area contributed by atoms with Gasteiger partial charge in [0, 0.05) is 56.3 Å². The molecule has 5 aliphatic carbocycles. The number of hydrogen-bond acceptors (Lipinski definition) is 15. The standard InChI is InChI=1S/C28H39F3O8S.2C18H15S.C13H20O7S/c1-15(4-7-24(35)39-11-9-22(29)28(30,31)40(36,37)38)18-5-6-19-25-20(14-23(34)27(18,19)3)26(2)10-8-17(32)12-16(26)13-21(25)33;2*1-4-10-16(11-5-1)19(17-12-6-2-7-13-17)18-14-8-3-9-15-18;1-11(2)8-13(5-4-12(11,3)9(14)20-13)10(15)19-6-7-21(16,17)18/h15-16,18-20,22,25H,4-14H2,1-3H3,(H,36,37,38);2*1-15H;4-8H2,1-3H3,(H,16,17,18)/q;2*+1;/p-2/t15-,16?,18-,19?,20?,22?,25?,26+,27-;;;/m1.../s1. The van der Waals surface area contributed by atoms with E-state index in [1.54, 1.807) is 0 Å². The average molecular weight is 1440 g/mol. The van der Waals surface area contributed by atoms with Crippen molar-refractivity contribution in [2.45, 2.75) is 171 Å². The number of ether oxygens (including phenoxy) is 3. The lowest BCUT2D eigenvalue weighted by atomic mass is 9.44. The third-order valence-electron chi connectivity index (χ3n) is 21.8. The largest absolute Gasteiger partial charge is 0.748 e. The van der Waals surface area contributed by atoms with Crippen molar-refractivity contribution in [3.63, 3.8) is 0 Å². The molecule has 2 heterocycles. The van der Waals surface area contributed by atoms with E-state index in [0.29, 0.717) is 57.8 Å². The van der Waals surface area contributed by atoms with Gasteiger partial charge in [-0.3, -0.25) is 24.0 Å². The van der Waals surface area contributed by atoms with Crippen LogP contribution in [0.1, 0.15) is 125 Å². The Hall–Kier alpha value is -6.95.